The molecule has 0 fully saturated rings. The van der Waals surface area contributed by atoms with Gasteiger partial charge in [0.15, 0.2) is 5.82 Å². The zero-order valence-electron chi connectivity index (χ0n) is 9.93. The lowest BCUT2D eigenvalue weighted by Gasteiger charge is -2.22. The third-order valence-corrected chi connectivity index (χ3v) is 3.43. The van der Waals surface area contributed by atoms with E-state index in [-0.39, 0.29) is 0 Å². The molecular weight excluding hydrogens is 212 g/mol. The molecule has 3 rings (SSSR count). The predicted octanol–water partition coefficient (Wildman–Crippen LogP) is 2.42. The van der Waals surface area contributed by atoms with Crippen molar-refractivity contribution in [3.05, 3.63) is 30.1 Å². The number of anilines is 1. The van der Waals surface area contributed by atoms with Gasteiger partial charge in [-0.05, 0) is 31.9 Å². The van der Waals surface area contributed by atoms with E-state index in [2.05, 4.69) is 21.7 Å². The maximum atomic E-state index is 6.01. The first-order valence-electron chi connectivity index (χ1n) is 6.06. The van der Waals surface area contributed by atoms with Crippen molar-refractivity contribution in [1.82, 2.24) is 14.8 Å². The number of para-hydroxylation sites is 1. The molecule has 2 aromatic rings. The molecule has 88 valence electrons. The van der Waals surface area contributed by atoms with Crippen molar-refractivity contribution >= 4 is 5.69 Å². The number of nitrogen functional groups attached to an aromatic ring is 1. The number of rotatable bonds is 1. The molecule has 1 aromatic heterocycles. The van der Waals surface area contributed by atoms with Crippen LogP contribution in [-0.4, -0.2) is 14.8 Å². The van der Waals surface area contributed by atoms with E-state index in [4.69, 9.17) is 5.73 Å². The molecule has 2 heterocycles. The van der Waals surface area contributed by atoms with E-state index >= 15 is 0 Å². The van der Waals surface area contributed by atoms with Gasteiger partial charge in [0.05, 0.1) is 0 Å². The highest BCUT2D eigenvalue weighted by Crippen LogP contribution is 2.31. The summed E-state index contributed by atoms with van der Waals surface area (Å²) < 4.78 is 2.23. The predicted molar refractivity (Wildman–Crippen MR) is 67.5 cm³/mol. The van der Waals surface area contributed by atoms with Gasteiger partial charge in [0.1, 0.15) is 5.82 Å². The number of nitrogens with zero attached hydrogens (tertiary/aromatic N) is 3. The van der Waals surface area contributed by atoms with Gasteiger partial charge in [0.25, 0.3) is 0 Å². The van der Waals surface area contributed by atoms with Crippen LogP contribution in [0.2, 0.25) is 0 Å². The Balaban J connectivity index is 2.17. The average molecular weight is 228 g/mol. The fourth-order valence-corrected chi connectivity index (χ4v) is 2.53. The summed E-state index contributed by atoms with van der Waals surface area (Å²) in [5, 5.41) is 8.59. The molecule has 1 unspecified atom stereocenters. The van der Waals surface area contributed by atoms with E-state index in [1.54, 1.807) is 0 Å². The summed E-state index contributed by atoms with van der Waals surface area (Å²) in [6.45, 7) is 2.22. The van der Waals surface area contributed by atoms with Gasteiger partial charge in [0, 0.05) is 23.7 Å². The van der Waals surface area contributed by atoms with Gasteiger partial charge in [-0.2, -0.15) is 0 Å². The Labute approximate surface area is 100 Å². The van der Waals surface area contributed by atoms with E-state index in [1.807, 2.05) is 24.3 Å². The molecule has 4 heteroatoms. The molecule has 0 amide bonds. The highest BCUT2D eigenvalue weighted by atomic mass is 15.3. The van der Waals surface area contributed by atoms with Gasteiger partial charge in [0.2, 0.25) is 0 Å². The monoisotopic (exact) mass is 228 g/mol. The van der Waals surface area contributed by atoms with E-state index in [1.165, 1.54) is 12.8 Å². The number of aryl methyl sites for hydroxylation is 1. The third kappa shape index (κ3) is 1.60. The molecule has 1 atom stereocenters. The Kier molecular flexibility index (Phi) is 2.35. The minimum Gasteiger partial charge on any atom is -0.398 e. The molecule has 1 aliphatic rings. The van der Waals surface area contributed by atoms with Crippen LogP contribution in [0, 0.1) is 0 Å². The summed E-state index contributed by atoms with van der Waals surface area (Å²) >= 11 is 0. The van der Waals surface area contributed by atoms with Gasteiger partial charge in [-0.1, -0.05) is 12.1 Å². The number of aromatic nitrogens is 3. The fraction of sp³-hybridized carbons (Fsp3) is 0.385. The van der Waals surface area contributed by atoms with Crippen LogP contribution in [0.15, 0.2) is 24.3 Å². The van der Waals surface area contributed by atoms with E-state index in [0.717, 1.165) is 29.3 Å². The van der Waals surface area contributed by atoms with Crippen molar-refractivity contribution in [2.45, 2.75) is 32.2 Å². The number of nitrogens with two attached hydrogens (primary N) is 1. The van der Waals surface area contributed by atoms with Crippen molar-refractivity contribution in [2.75, 3.05) is 5.73 Å². The smallest absolute Gasteiger partial charge is 0.166 e. The molecule has 1 aliphatic heterocycles. The van der Waals surface area contributed by atoms with Crippen LogP contribution in [0.5, 0.6) is 0 Å². The Morgan fingerprint density at radius 2 is 2.12 bits per heavy atom. The van der Waals surface area contributed by atoms with Crippen LogP contribution in [-0.2, 0) is 6.42 Å². The third-order valence-electron chi connectivity index (χ3n) is 3.43. The van der Waals surface area contributed by atoms with Gasteiger partial charge >= 0.3 is 0 Å². The Bertz CT molecular complexity index is 544. The SMILES string of the molecule is CC1CCCc2nnc(-c3ccccc3N)n21. The molecular formula is C13H16N4. The molecule has 0 saturated heterocycles. The van der Waals surface area contributed by atoms with E-state index in [9.17, 15) is 0 Å². The number of benzene rings is 1. The Morgan fingerprint density at radius 3 is 2.94 bits per heavy atom. The van der Waals surface area contributed by atoms with Crippen LogP contribution in [0.1, 0.15) is 31.6 Å². The summed E-state index contributed by atoms with van der Waals surface area (Å²) in [5.41, 5.74) is 7.76. The average Bonchev–Trinajstić information content (AvgIpc) is 2.75. The highest BCUT2D eigenvalue weighted by molar-refractivity contribution is 5.71. The van der Waals surface area contributed by atoms with Gasteiger partial charge in [-0.15, -0.1) is 10.2 Å². The first kappa shape index (κ1) is 10.3. The quantitative estimate of drug-likeness (QED) is 0.763. The van der Waals surface area contributed by atoms with Crippen molar-refractivity contribution in [3.8, 4) is 11.4 Å². The zero-order chi connectivity index (χ0) is 11.8. The topological polar surface area (TPSA) is 56.7 Å². The normalized spacial score (nSPS) is 19.0. The van der Waals surface area contributed by atoms with Crippen LogP contribution < -0.4 is 5.73 Å². The van der Waals surface area contributed by atoms with Crippen molar-refractivity contribution < 1.29 is 0 Å². The van der Waals surface area contributed by atoms with Crippen molar-refractivity contribution in [3.63, 3.8) is 0 Å². The van der Waals surface area contributed by atoms with Gasteiger partial charge < -0.3 is 10.3 Å². The maximum Gasteiger partial charge on any atom is 0.166 e. The first-order chi connectivity index (χ1) is 8.27. The van der Waals surface area contributed by atoms with Crippen LogP contribution >= 0.6 is 0 Å². The summed E-state index contributed by atoms with van der Waals surface area (Å²) in [4.78, 5) is 0. The zero-order valence-corrected chi connectivity index (χ0v) is 9.93. The molecule has 0 bridgehead atoms. The summed E-state index contributed by atoms with van der Waals surface area (Å²) in [5.74, 6) is 1.99. The lowest BCUT2D eigenvalue weighted by molar-refractivity contribution is 0.429. The number of hydrogen-bond donors (Lipinski definition) is 1. The molecule has 0 spiro atoms. The second kappa shape index (κ2) is 3.87. The Morgan fingerprint density at radius 1 is 1.29 bits per heavy atom. The molecule has 0 radical (unpaired) electrons. The van der Waals surface area contributed by atoms with Crippen LogP contribution in [0.25, 0.3) is 11.4 Å². The molecule has 1 aromatic carbocycles. The van der Waals surface area contributed by atoms with Gasteiger partial charge in [-0.25, -0.2) is 0 Å². The van der Waals surface area contributed by atoms with E-state index in [0.29, 0.717) is 6.04 Å². The summed E-state index contributed by atoms with van der Waals surface area (Å²) in [6.07, 6.45) is 3.40. The van der Waals surface area contributed by atoms with E-state index < -0.39 is 0 Å². The Hall–Kier alpha value is -1.84. The minimum absolute atomic E-state index is 0.461. The van der Waals surface area contributed by atoms with Crippen molar-refractivity contribution in [2.24, 2.45) is 0 Å². The fourth-order valence-electron chi connectivity index (χ4n) is 2.53. The largest absolute Gasteiger partial charge is 0.398 e. The summed E-state index contributed by atoms with van der Waals surface area (Å²) in [7, 11) is 0. The molecule has 0 aliphatic carbocycles. The molecule has 4 nitrogen and oxygen atoms in total. The highest BCUT2D eigenvalue weighted by Gasteiger charge is 2.22. The number of hydrogen-bond acceptors (Lipinski definition) is 3. The molecule has 0 saturated carbocycles. The first-order valence-corrected chi connectivity index (χ1v) is 6.06. The van der Waals surface area contributed by atoms with Gasteiger partial charge in [-0.3, -0.25) is 0 Å². The van der Waals surface area contributed by atoms with Crippen LogP contribution in [0.4, 0.5) is 5.69 Å². The maximum absolute atomic E-state index is 6.01. The summed E-state index contributed by atoms with van der Waals surface area (Å²) in [6, 6.07) is 8.30. The second-order valence-corrected chi connectivity index (χ2v) is 4.64. The number of fused-ring (bicyclic) bond motifs is 1. The molecule has 17 heavy (non-hydrogen) atoms. The van der Waals surface area contributed by atoms with Crippen molar-refractivity contribution in [1.29, 1.82) is 0 Å². The minimum atomic E-state index is 0.461. The molecule has 2 N–H and O–H groups in total. The lowest BCUT2D eigenvalue weighted by atomic mass is 10.0. The van der Waals surface area contributed by atoms with Crippen LogP contribution in [0.3, 0.4) is 0 Å². The second-order valence-electron chi connectivity index (χ2n) is 4.64. The standard InChI is InChI=1S/C13H16N4/c1-9-5-4-8-12-15-16-13(17(9)12)10-6-2-3-7-11(10)14/h2-3,6-7,9H,4-5,8,14H2,1H3. The lowest BCUT2D eigenvalue weighted by Crippen LogP contribution is -2.16.